The first-order valence-electron chi connectivity index (χ1n) is 9.72. The van der Waals surface area contributed by atoms with Gasteiger partial charge < -0.3 is 10.4 Å². The largest absolute Gasteiger partial charge is 0.506 e. The summed E-state index contributed by atoms with van der Waals surface area (Å²) in [5.74, 6) is 1.19. The molecular formula is C21H21I2N4O2S+. The summed E-state index contributed by atoms with van der Waals surface area (Å²) in [5, 5.41) is 19.1. The number of rotatable bonds is 6. The monoisotopic (exact) mass is 647 g/mol. The molecule has 0 spiro atoms. The molecule has 6 nitrogen and oxygen atoms in total. The van der Waals surface area contributed by atoms with Crippen molar-refractivity contribution in [1.82, 2.24) is 10.1 Å². The van der Waals surface area contributed by atoms with E-state index in [-0.39, 0.29) is 17.5 Å². The summed E-state index contributed by atoms with van der Waals surface area (Å²) in [4.78, 5) is 16.1. The van der Waals surface area contributed by atoms with Crippen molar-refractivity contribution >= 4 is 62.6 Å². The molecule has 1 aliphatic heterocycles. The molecule has 3 aromatic rings. The number of phenols is 1. The highest BCUT2D eigenvalue weighted by molar-refractivity contribution is 14.1. The number of halogens is 2. The van der Waals surface area contributed by atoms with Crippen molar-refractivity contribution in [2.75, 3.05) is 11.1 Å². The van der Waals surface area contributed by atoms with Gasteiger partial charge in [0.25, 0.3) is 6.17 Å². The molecule has 0 saturated carbocycles. The second-order valence-electron chi connectivity index (χ2n) is 7.03. The molecule has 1 atom stereocenters. The maximum absolute atomic E-state index is 13.1. The first kappa shape index (κ1) is 21.9. The number of para-hydroxylation sites is 1. The minimum atomic E-state index is -0.352. The molecule has 0 radical (unpaired) electrons. The van der Waals surface area contributed by atoms with Crippen LogP contribution in [0.5, 0.6) is 5.75 Å². The number of unbranched alkanes of at least 4 members (excludes halogenated alkanes) is 2. The zero-order chi connectivity index (χ0) is 21.3. The Bertz CT molecular complexity index is 1130. The fourth-order valence-electron chi connectivity index (χ4n) is 3.44. The zero-order valence-corrected chi connectivity index (χ0v) is 21.4. The Morgan fingerprint density at radius 2 is 1.93 bits per heavy atom. The Balaban J connectivity index is 1.83. The van der Waals surface area contributed by atoms with E-state index in [0.717, 1.165) is 49.0 Å². The van der Waals surface area contributed by atoms with Crippen LogP contribution in [0.4, 0.5) is 5.69 Å². The standard InChI is InChI=1S/C21H20I2N4O2S/c1-2-3-6-9-30-21-25-20(29)17-13-7-4-5-8-16(13)24-19(27(17)26-21)12-10-14(22)18(28)15(23)11-12/h4-5,7-8,10-11,19H,2-3,6,9H2,1H3,(H2,25,26,28,29)/p+1/t19-/m0/s1. The lowest BCUT2D eigenvalue weighted by Crippen LogP contribution is -2.55. The summed E-state index contributed by atoms with van der Waals surface area (Å²) < 4.78 is 3.30. The van der Waals surface area contributed by atoms with Crippen LogP contribution in [-0.4, -0.2) is 20.9 Å². The van der Waals surface area contributed by atoms with Crippen LogP contribution in [0.15, 0.2) is 46.3 Å². The molecule has 0 bridgehead atoms. The van der Waals surface area contributed by atoms with Crippen LogP contribution in [0.1, 0.15) is 37.9 Å². The summed E-state index contributed by atoms with van der Waals surface area (Å²) in [6.45, 7) is 2.17. The van der Waals surface area contributed by atoms with Crippen LogP contribution in [0.25, 0.3) is 11.3 Å². The number of nitrogens with one attached hydrogen (secondary N) is 2. The molecule has 0 fully saturated rings. The fraction of sp³-hybridized carbons (Fsp3) is 0.286. The topological polar surface area (TPSA) is 81.9 Å². The average Bonchev–Trinajstić information content (AvgIpc) is 2.74. The Kier molecular flexibility index (Phi) is 6.88. The van der Waals surface area contributed by atoms with Crippen molar-refractivity contribution in [2.24, 2.45) is 0 Å². The van der Waals surface area contributed by atoms with Gasteiger partial charge >= 0.3 is 11.3 Å². The summed E-state index contributed by atoms with van der Waals surface area (Å²) >= 11 is 5.83. The quantitative estimate of drug-likeness (QED) is 0.154. The lowest BCUT2D eigenvalue weighted by molar-refractivity contribution is -0.759. The van der Waals surface area contributed by atoms with Gasteiger partial charge in [-0.05, 0) is 80.5 Å². The Morgan fingerprint density at radius 3 is 2.67 bits per heavy atom. The van der Waals surface area contributed by atoms with Gasteiger partial charge in [-0.3, -0.25) is 9.78 Å². The molecule has 9 heteroatoms. The Labute approximate surface area is 206 Å². The molecule has 30 heavy (non-hydrogen) atoms. The zero-order valence-electron chi connectivity index (χ0n) is 16.3. The van der Waals surface area contributed by atoms with Gasteiger partial charge in [-0.15, -0.1) is 0 Å². The maximum atomic E-state index is 13.1. The molecule has 0 unspecified atom stereocenters. The molecule has 0 amide bonds. The maximum Gasteiger partial charge on any atom is 0.325 e. The molecule has 1 aliphatic rings. The molecule has 3 N–H and O–H groups in total. The SMILES string of the molecule is CCCCCSc1n[n+]2c(c(=O)[nH]1)-c1ccccc1N[C@@H]2c1cc(I)c(O)c(I)c1. The second-order valence-corrected chi connectivity index (χ2v) is 10.4. The number of hydrogen-bond acceptors (Lipinski definition) is 5. The van der Waals surface area contributed by atoms with Crippen molar-refractivity contribution in [3.05, 3.63) is 59.5 Å². The summed E-state index contributed by atoms with van der Waals surface area (Å²) in [5.41, 5.74) is 3.03. The van der Waals surface area contributed by atoms with Gasteiger partial charge in [0.2, 0.25) is 5.16 Å². The number of fused-ring (bicyclic) bond motifs is 3. The summed E-state index contributed by atoms with van der Waals surface area (Å²) in [7, 11) is 0. The molecule has 156 valence electrons. The van der Waals surface area contributed by atoms with Gasteiger partial charge in [0.15, 0.2) is 0 Å². The number of H-pyrrole nitrogens is 1. The van der Waals surface area contributed by atoms with E-state index in [1.807, 2.05) is 36.4 Å². The normalized spacial score (nSPS) is 14.7. The van der Waals surface area contributed by atoms with Crippen LogP contribution < -0.4 is 15.6 Å². The van der Waals surface area contributed by atoms with E-state index in [1.165, 1.54) is 0 Å². The number of benzene rings is 2. The molecule has 4 rings (SSSR count). The van der Waals surface area contributed by atoms with Crippen molar-refractivity contribution in [3.63, 3.8) is 0 Å². The van der Waals surface area contributed by atoms with Gasteiger partial charge in [0.1, 0.15) is 5.75 Å². The predicted octanol–water partition coefficient (Wildman–Crippen LogP) is 4.89. The summed E-state index contributed by atoms with van der Waals surface area (Å²) in [6, 6.07) is 11.6. The highest BCUT2D eigenvalue weighted by Gasteiger charge is 2.38. The number of aromatic nitrogens is 3. The lowest BCUT2D eigenvalue weighted by Gasteiger charge is -2.22. The molecular weight excluding hydrogens is 626 g/mol. The second kappa shape index (κ2) is 9.43. The molecule has 1 aromatic heterocycles. The highest BCUT2D eigenvalue weighted by atomic mass is 127. The van der Waals surface area contributed by atoms with Gasteiger partial charge in [-0.1, -0.05) is 43.7 Å². The third kappa shape index (κ3) is 4.33. The first-order valence-corrected chi connectivity index (χ1v) is 12.9. The fourth-order valence-corrected chi connectivity index (χ4v) is 6.11. The Morgan fingerprint density at radius 1 is 1.20 bits per heavy atom. The minimum absolute atomic E-state index is 0.148. The molecule has 2 heterocycles. The molecule has 0 saturated heterocycles. The molecule has 0 aliphatic carbocycles. The van der Waals surface area contributed by atoms with Crippen LogP contribution in [-0.2, 0) is 0 Å². The Hall–Kier alpha value is -1.34. The van der Waals surface area contributed by atoms with Crippen LogP contribution in [0.3, 0.4) is 0 Å². The predicted molar refractivity (Wildman–Crippen MR) is 136 cm³/mol. The van der Waals surface area contributed by atoms with Crippen molar-refractivity contribution in [3.8, 4) is 17.0 Å². The smallest absolute Gasteiger partial charge is 0.325 e. The third-order valence-corrected chi connectivity index (χ3v) is 7.52. The van der Waals surface area contributed by atoms with E-state index in [4.69, 9.17) is 5.10 Å². The van der Waals surface area contributed by atoms with E-state index < -0.39 is 0 Å². The van der Waals surface area contributed by atoms with Crippen LogP contribution in [0, 0.1) is 7.14 Å². The van der Waals surface area contributed by atoms with E-state index in [0.29, 0.717) is 10.9 Å². The number of anilines is 1. The minimum Gasteiger partial charge on any atom is -0.506 e. The number of hydrogen-bond donors (Lipinski definition) is 3. The number of phenolic OH excluding ortho intramolecular Hbond substituents is 1. The number of nitrogens with zero attached hydrogens (tertiary/aromatic N) is 2. The average molecular weight is 647 g/mol. The van der Waals surface area contributed by atoms with E-state index >= 15 is 0 Å². The van der Waals surface area contributed by atoms with Gasteiger partial charge in [0, 0.05) is 16.4 Å². The van der Waals surface area contributed by atoms with Crippen LogP contribution >= 0.6 is 56.9 Å². The van der Waals surface area contributed by atoms with E-state index in [2.05, 4.69) is 62.4 Å². The summed E-state index contributed by atoms with van der Waals surface area (Å²) in [6.07, 6.45) is 3.06. The van der Waals surface area contributed by atoms with Gasteiger partial charge in [0.05, 0.1) is 18.4 Å². The van der Waals surface area contributed by atoms with Crippen molar-refractivity contribution in [2.45, 2.75) is 37.5 Å². The number of aromatic hydroxyl groups is 1. The molecule has 2 aromatic carbocycles. The lowest BCUT2D eigenvalue weighted by atomic mass is 10.0. The number of thioether (sulfide) groups is 1. The van der Waals surface area contributed by atoms with E-state index in [1.54, 1.807) is 16.4 Å². The van der Waals surface area contributed by atoms with Crippen molar-refractivity contribution < 1.29 is 9.79 Å². The third-order valence-electron chi connectivity index (χ3n) is 4.92. The van der Waals surface area contributed by atoms with Gasteiger partial charge in [-0.25, -0.2) is 0 Å². The van der Waals surface area contributed by atoms with Gasteiger partial charge in [-0.2, -0.15) is 0 Å². The van der Waals surface area contributed by atoms with E-state index in [9.17, 15) is 9.90 Å². The highest BCUT2D eigenvalue weighted by Crippen LogP contribution is 2.34. The first-order chi connectivity index (χ1) is 14.5. The van der Waals surface area contributed by atoms with Crippen molar-refractivity contribution in [1.29, 1.82) is 0 Å². The van der Waals surface area contributed by atoms with Crippen LogP contribution in [0.2, 0.25) is 0 Å². The number of aromatic amines is 1.